The number of hydrogen-bond donors (Lipinski definition) is 1. The van der Waals surface area contributed by atoms with E-state index in [1.54, 1.807) is 11.3 Å². The zero-order valence-corrected chi connectivity index (χ0v) is 14.7. The summed E-state index contributed by atoms with van der Waals surface area (Å²) in [4.78, 5) is 31.3. The highest BCUT2D eigenvalue weighted by Gasteiger charge is 2.28. The zero-order valence-electron chi connectivity index (χ0n) is 13.9. The molecule has 2 fully saturated rings. The highest BCUT2D eigenvalue weighted by atomic mass is 32.1. The molecule has 1 unspecified atom stereocenters. The minimum Gasteiger partial charge on any atom is -0.481 e. The van der Waals surface area contributed by atoms with Crippen LogP contribution in [0.15, 0.2) is 17.5 Å². The Morgan fingerprint density at radius 2 is 1.96 bits per heavy atom. The summed E-state index contributed by atoms with van der Waals surface area (Å²) >= 11 is 1.77. The molecule has 1 aromatic heterocycles. The van der Waals surface area contributed by atoms with Crippen LogP contribution in [0, 0.1) is 5.92 Å². The number of amides is 1. The Morgan fingerprint density at radius 3 is 2.62 bits per heavy atom. The lowest BCUT2D eigenvalue weighted by Gasteiger charge is -2.36. The second-order valence-corrected chi connectivity index (χ2v) is 7.68. The number of likely N-dealkylation sites (tertiary alicyclic amines) is 1. The molecule has 6 nitrogen and oxygen atoms in total. The monoisotopic (exact) mass is 351 g/mol. The summed E-state index contributed by atoms with van der Waals surface area (Å²) in [6.45, 7) is 5.98. The van der Waals surface area contributed by atoms with E-state index >= 15 is 0 Å². The largest absolute Gasteiger partial charge is 0.481 e. The van der Waals surface area contributed by atoms with Crippen LogP contribution in [-0.4, -0.2) is 77.5 Å². The van der Waals surface area contributed by atoms with Gasteiger partial charge < -0.3 is 10.0 Å². The molecule has 1 atom stereocenters. The van der Waals surface area contributed by atoms with Crippen LogP contribution in [0.4, 0.5) is 0 Å². The van der Waals surface area contributed by atoms with E-state index in [9.17, 15) is 9.59 Å². The third-order valence-corrected chi connectivity index (χ3v) is 5.76. The van der Waals surface area contributed by atoms with Crippen molar-refractivity contribution in [2.24, 2.45) is 5.92 Å². The molecule has 0 aliphatic carbocycles. The summed E-state index contributed by atoms with van der Waals surface area (Å²) in [6, 6.07) is 4.22. The summed E-state index contributed by atoms with van der Waals surface area (Å²) in [5, 5.41) is 11.2. The van der Waals surface area contributed by atoms with Crippen molar-refractivity contribution in [2.75, 3.05) is 45.8 Å². The topological polar surface area (TPSA) is 64.1 Å². The number of aliphatic carboxylic acids is 1. The smallest absolute Gasteiger partial charge is 0.307 e. The average molecular weight is 351 g/mol. The number of carbonyl (C=O) groups excluding carboxylic acids is 1. The maximum atomic E-state index is 12.5. The summed E-state index contributed by atoms with van der Waals surface area (Å²) in [7, 11) is 0. The first-order valence-corrected chi connectivity index (χ1v) is 9.47. The van der Waals surface area contributed by atoms with Crippen LogP contribution in [0.1, 0.15) is 17.7 Å². The molecule has 3 heterocycles. The van der Waals surface area contributed by atoms with Crippen LogP contribution in [0.5, 0.6) is 0 Å². The highest BCUT2D eigenvalue weighted by molar-refractivity contribution is 7.09. The molecular weight excluding hydrogens is 326 g/mol. The van der Waals surface area contributed by atoms with Gasteiger partial charge in [0.2, 0.25) is 5.91 Å². The lowest BCUT2D eigenvalue weighted by Crippen LogP contribution is -2.52. The number of piperazine rings is 1. The molecule has 1 aromatic rings. The normalized spacial score (nSPS) is 23.3. The lowest BCUT2D eigenvalue weighted by atomic mass is 9.98. The summed E-state index contributed by atoms with van der Waals surface area (Å²) in [5.41, 5.74) is 0. The van der Waals surface area contributed by atoms with E-state index in [4.69, 9.17) is 5.11 Å². The number of carboxylic acid groups (broad SMARTS) is 1. The van der Waals surface area contributed by atoms with Crippen LogP contribution in [-0.2, 0) is 16.1 Å². The van der Waals surface area contributed by atoms with E-state index in [1.807, 2.05) is 9.80 Å². The van der Waals surface area contributed by atoms with Gasteiger partial charge in [0.05, 0.1) is 12.5 Å². The predicted octanol–water partition coefficient (Wildman–Crippen LogP) is 1.19. The van der Waals surface area contributed by atoms with Gasteiger partial charge in [-0.2, -0.15) is 0 Å². The van der Waals surface area contributed by atoms with Crippen molar-refractivity contribution in [3.8, 4) is 0 Å². The zero-order chi connectivity index (χ0) is 16.9. The molecule has 7 heteroatoms. The molecular formula is C17H25N3O3S. The first-order valence-electron chi connectivity index (χ1n) is 8.59. The van der Waals surface area contributed by atoms with E-state index < -0.39 is 5.97 Å². The second-order valence-electron chi connectivity index (χ2n) is 6.65. The number of nitrogens with zero attached hydrogens (tertiary/aromatic N) is 3. The first kappa shape index (κ1) is 17.4. The number of hydrogen-bond acceptors (Lipinski definition) is 5. The van der Waals surface area contributed by atoms with Gasteiger partial charge in [0, 0.05) is 44.1 Å². The van der Waals surface area contributed by atoms with Crippen molar-refractivity contribution < 1.29 is 14.7 Å². The molecule has 2 aliphatic rings. The minimum absolute atomic E-state index is 0.136. The van der Waals surface area contributed by atoms with Gasteiger partial charge in [-0.25, -0.2) is 0 Å². The fraction of sp³-hybridized carbons (Fsp3) is 0.647. The standard InChI is InChI=1S/C17H25N3O3S/c21-16(13-19-5-1-3-14(11-19)17(22)23)20-8-6-18(7-9-20)12-15-4-2-10-24-15/h2,4,10,14H,1,3,5-9,11-13H2,(H,22,23). The van der Waals surface area contributed by atoms with E-state index in [0.717, 1.165) is 52.1 Å². The third kappa shape index (κ3) is 4.55. The molecule has 0 spiro atoms. The second kappa shape index (κ2) is 8.09. The summed E-state index contributed by atoms with van der Waals surface area (Å²) in [6.07, 6.45) is 1.58. The predicted molar refractivity (Wildman–Crippen MR) is 93.0 cm³/mol. The Morgan fingerprint density at radius 1 is 1.17 bits per heavy atom. The van der Waals surface area contributed by atoms with E-state index in [1.165, 1.54) is 4.88 Å². The SMILES string of the molecule is O=C(O)C1CCCN(CC(=O)N2CCN(Cc3cccs3)CC2)C1. The van der Waals surface area contributed by atoms with Gasteiger partial charge in [0.1, 0.15) is 0 Å². The third-order valence-electron chi connectivity index (χ3n) is 4.90. The maximum absolute atomic E-state index is 12.5. The Kier molecular flexibility index (Phi) is 5.86. The van der Waals surface area contributed by atoms with Gasteiger partial charge in [-0.3, -0.25) is 19.4 Å². The number of rotatable bonds is 5. The molecule has 0 bridgehead atoms. The van der Waals surface area contributed by atoms with Gasteiger partial charge in [-0.15, -0.1) is 11.3 Å². The van der Waals surface area contributed by atoms with E-state index in [0.29, 0.717) is 13.1 Å². The average Bonchev–Trinajstić information content (AvgIpc) is 3.08. The van der Waals surface area contributed by atoms with Gasteiger partial charge in [-0.05, 0) is 30.8 Å². The van der Waals surface area contributed by atoms with Gasteiger partial charge in [0.15, 0.2) is 0 Å². The van der Waals surface area contributed by atoms with Gasteiger partial charge >= 0.3 is 5.97 Å². The highest BCUT2D eigenvalue weighted by Crippen LogP contribution is 2.17. The van der Waals surface area contributed by atoms with Crippen LogP contribution >= 0.6 is 11.3 Å². The molecule has 1 N–H and O–H groups in total. The molecule has 3 rings (SSSR count). The fourth-order valence-electron chi connectivity index (χ4n) is 3.47. The molecule has 0 radical (unpaired) electrons. The van der Waals surface area contributed by atoms with Crippen molar-refractivity contribution in [1.29, 1.82) is 0 Å². The summed E-state index contributed by atoms with van der Waals surface area (Å²) < 4.78 is 0. The maximum Gasteiger partial charge on any atom is 0.307 e. The Hall–Kier alpha value is -1.44. The first-order chi connectivity index (χ1) is 11.6. The molecule has 0 aromatic carbocycles. The lowest BCUT2D eigenvalue weighted by molar-refractivity contribution is -0.145. The van der Waals surface area contributed by atoms with Crippen molar-refractivity contribution in [3.63, 3.8) is 0 Å². The van der Waals surface area contributed by atoms with Crippen molar-refractivity contribution in [2.45, 2.75) is 19.4 Å². The van der Waals surface area contributed by atoms with Crippen molar-refractivity contribution in [3.05, 3.63) is 22.4 Å². The fourth-order valence-corrected chi connectivity index (χ4v) is 4.22. The number of piperidine rings is 1. The van der Waals surface area contributed by atoms with Crippen molar-refractivity contribution >= 4 is 23.2 Å². The molecule has 2 saturated heterocycles. The Bertz CT molecular complexity index is 555. The van der Waals surface area contributed by atoms with E-state index in [2.05, 4.69) is 22.4 Å². The number of carboxylic acids is 1. The quantitative estimate of drug-likeness (QED) is 0.863. The number of carbonyl (C=O) groups is 2. The number of thiophene rings is 1. The van der Waals surface area contributed by atoms with Gasteiger partial charge in [0.25, 0.3) is 0 Å². The van der Waals surface area contributed by atoms with E-state index in [-0.39, 0.29) is 11.8 Å². The van der Waals surface area contributed by atoms with Crippen molar-refractivity contribution in [1.82, 2.24) is 14.7 Å². The van der Waals surface area contributed by atoms with Crippen LogP contribution in [0.3, 0.4) is 0 Å². The molecule has 24 heavy (non-hydrogen) atoms. The van der Waals surface area contributed by atoms with Crippen LogP contribution in [0.25, 0.3) is 0 Å². The molecule has 2 aliphatic heterocycles. The molecule has 132 valence electrons. The van der Waals surface area contributed by atoms with Crippen LogP contribution < -0.4 is 0 Å². The summed E-state index contributed by atoms with van der Waals surface area (Å²) in [5.74, 6) is -0.930. The Balaban J connectivity index is 1.42. The van der Waals surface area contributed by atoms with Crippen LogP contribution in [0.2, 0.25) is 0 Å². The van der Waals surface area contributed by atoms with Gasteiger partial charge in [-0.1, -0.05) is 6.07 Å². The molecule has 1 amide bonds. The Labute approximate surface area is 146 Å². The molecule has 0 saturated carbocycles. The minimum atomic E-state index is -0.741.